The predicted molar refractivity (Wildman–Crippen MR) is 91.9 cm³/mol. The summed E-state index contributed by atoms with van der Waals surface area (Å²) in [7, 11) is -1.08. The van der Waals surface area contributed by atoms with Crippen molar-refractivity contribution in [2.45, 2.75) is 11.4 Å². The lowest BCUT2D eigenvalue weighted by atomic mass is 10.2. The van der Waals surface area contributed by atoms with E-state index in [4.69, 9.17) is 16.3 Å². The number of hydrogen-bond acceptors (Lipinski definition) is 4. The highest BCUT2D eigenvalue weighted by molar-refractivity contribution is 7.89. The van der Waals surface area contributed by atoms with Gasteiger partial charge in [0, 0.05) is 17.1 Å². The lowest BCUT2D eigenvalue weighted by Gasteiger charge is -2.11. The van der Waals surface area contributed by atoms with E-state index >= 15 is 0 Å². The molecule has 0 saturated carbocycles. The van der Waals surface area contributed by atoms with Crippen LogP contribution >= 0.6 is 11.6 Å². The molecule has 0 atom stereocenters. The first-order chi connectivity index (χ1) is 11.4. The molecule has 0 radical (unpaired) electrons. The topological polar surface area (TPSA) is 84.5 Å². The van der Waals surface area contributed by atoms with Crippen molar-refractivity contribution in [3.8, 4) is 5.75 Å². The molecule has 0 fully saturated rings. The molecule has 24 heavy (non-hydrogen) atoms. The first kappa shape index (κ1) is 18.3. The van der Waals surface area contributed by atoms with E-state index in [-0.39, 0.29) is 22.1 Å². The standard InChI is InChI=1S/C16H17ClN2O4S/c1-18-24(21,22)15-9-12(5-8-14(15)23-2)16(20)19-10-11-3-6-13(17)7-4-11/h3-9,18H,10H2,1-2H3,(H,19,20). The molecule has 0 aliphatic rings. The summed E-state index contributed by atoms with van der Waals surface area (Å²) in [6.07, 6.45) is 0. The molecule has 2 aromatic rings. The Kier molecular flexibility index (Phi) is 5.82. The van der Waals surface area contributed by atoms with Gasteiger partial charge in [-0.3, -0.25) is 4.79 Å². The van der Waals surface area contributed by atoms with Crippen molar-refractivity contribution in [2.75, 3.05) is 14.2 Å². The van der Waals surface area contributed by atoms with Gasteiger partial charge in [0.2, 0.25) is 10.0 Å². The molecule has 128 valence electrons. The van der Waals surface area contributed by atoms with Crippen LogP contribution in [0.15, 0.2) is 47.4 Å². The largest absolute Gasteiger partial charge is 0.495 e. The second-order valence-electron chi connectivity index (χ2n) is 4.88. The number of hydrogen-bond donors (Lipinski definition) is 2. The summed E-state index contributed by atoms with van der Waals surface area (Å²) in [5.41, 5.74) is 1.10. The van der Waals surface area contributed by atoms with Crippen LogP contribution in [-0.4, -0.2) is 28.5 Å². The summed E-state index contributed by atoms with van der Waals surface area (Å²) in [5, 5.41) is 3.34. The number of nitrogens with one attached hydrogen (secondary N) is 2. The minimum absolute atomic E-state index is 0.0911. The summed E-state index contributed by atoms with van der Waals surface area (Å²) in [6, 6.07) is 11.3. The molecule has 0 aromatic heterocycles. The zero-order valence-corrected chi connectivity index (χ0v) is 14.7. The maximum Gasteiger partial charge on any atom is 0.251 e. The van der Waals surface area contributed by atoms with Gasteiger partial charge in [0.25, 0.3) is 5.91 Å². The zero-order valence-electron chi connectivity index (χ0n) is 13.2. The molecule has 0 spiro atoms. The van der Waals surface area contributed by atoms with Gasteiger partial charge in [-0.15, -0.1) is 0 Å². The normalized spacial score (nSPS) is 11.1. The number of carbonyl (C=O) groups excluding carboxylic acids is 1. The van der Waals surface area contributed by atoms with Crippen molar-refractivity contribution in [2.24, 2.45) is 0 Å². The molecule has 2 N–H and O–H groups in total. The SMILES string of the molecule is CNS(=O)(=O)c1cc(C(=O)NCc2ccc(Cl)cc2)ccc1OC. The lowest BCUT2D eigenvalue weighted by Crippen LogP contribution is -2.24. The van der Waals surface area contributed by atoms with Gasteiger partial charge < -0.3 is 10.1 Å². The number of sulfonamides is 1. The van der Waals surface area contributed by atoms with Gasteiger partial charge >= 0.3 is 0 Å². The predicted octanol–water partition coefficient (Wildman–Crippen LogP) is 2.19. The quantitative estimate of drug-likeness (QED) is 0.818. The van der Waals surface area contributed by atoms with Crippen LogP contribution in [0.25, 0.3) is 0 Å². The fraction of sp³-hybridized carbons (Fsp3) is 0.188. The number of amides is 1. The Hall–Kier alpha value is -2.09. The van der Waals surface area contributed by atoms with E-state index < -0.39 is 10.0 Å². The lowest BCUT2D eigenvalue weighted by molar-refractivity contribution is 0.0950. The van der Waals surface area contributed by atoms with Crippen molar-refractivity contribution in [1.29, 1.82) is 0 Å². The van der Waals surface area contributed by atoms with Crippen LogP contribution in [0.3, 0.4) is 0 Å². The fourth-order valence-electron chi connectivity index (χ4n) is 2.02. The van der Waals surface area contributed by atoms with E-state index in [1.807, 2.05) is 0 Å². The first-order valence-electron chi connectivity index (χ1n) is 7.01. The number of benzene rings is 2. The summed E-state index contributed by atoms with van der Waals surface area (Å²) in [5.74, 6) is -0.223. The van der Waals surface area contributed by atoms with Crippen LogP contribution in [0.4, 0.5) is 0 Å². The number of halogens is 1. The van der Waals surface area contributed by atoms with E-state index in [1.54, 1.807) is 24.3 Å². The second-order valence-corrected chi connectivity index (χ2v) is 7.17. The Bertz CT molecular complexity index is 836. The van der Waals surface area contributed by atoms with Gasteiger partial charge in [0.1, 0.15) is 10.6 Å². The van der Waals surface area contributed by atoms with Gasteiger partial charge in [-0.1, -0.05) is 23.7 Å². The maximum absolute atomic E-state index is 12.3. The molecule has 0 aliphatic heterocycles. The van der Waals surface area contributed by atoms with Gasteiger partial charge in [0.15, 0.2) is 0 Å². The highest BCUT2D eigenvalue weighted by Crippen LogP contribution is 2.24. The van der Waals surface area contributed by atoms with E-state index in [1.165, 1.54) is 32.4 Å². The third kappa shape index (κ3) is 4.25. The third-order valence-corrected chi connectivity index (χ3v) is 5.04. The van der Waals surface area contributed by atoms with E-state index in [0.29, 0.717) is 11.6 Å². The summed E-state index contributed by atoms with van der Waals surface area (Å²) in [4.78, 5) is 12.2. The van der Waals surface area contributed by atoms with Crippen LogP contribution in [0.5, 0.6) is 5.75 Å². The Morgan fingerprint density at radius 3 is 2.42 bits per heavy atom. The Balaban J connectivity index is 2.20. The molecular formula is C16H17ClN2O4S. The maximum atomic E-state index is 12.3. The Morgan fingerprint density at radius 2 is 1.83 bits per heavy atom. The average molecular weight is 369 g/mol. The minimum Gasteiger partial charge on any atom is -0.495 e. The van der Waals surface area contributed by atoms with Crippen LogP contribution in [0.1, 0.15) is 15.9 Å². The van der Waals surface area contributed by atoms with Crippen LogP contribution in [-0.2, 0) is 16.6 Å². The molecule has 0 saturated heterocycles. The second kappa shape index (κ2) is 7.65. The summed E-state index contributed by atoms with van der Waals surface area (Å²) < 4.78 is 31.3. The van der Waals surface area contributed by atoms with E-state index in [9.17, 15) is 13.2 Å². The molecular weight excluding hydrogens is 352 g/mol. The molecule has 0 unspecified atom stereocenters. The molecule has 0 aliphatic carbocycles. The first-order valence-corrected chi connectivity index (χ1v) is 8.87. The zero-order chi connectivity index (χ0) is 17.7. The van der Waals surface area contributed by atoms with Crippen LogP contribution in [0, 0.1) is 0 Å². The van der Waals surface area contributed by atoms with E-state index in [2.05, 4.69) is 10.0 Å². The molecule has 6 nitrogen and oxygen atoms in total. The Morgan fingerprint density at radius 1 is 1.17 bits per heavy atom. The number of methoxy groups -OCH3 is 1. The third-order valence-electron chi connectivity index (χ3n) is 3.35. The molecule has 2 rings (SSSR count). The Labute approximate surface area is 145 Å². The van der Waals surface area contributed by atoms with Crippen molar-refractivity contribution in [3.05, 3.63) is 58.6 Å². The molecule has 0 bridgehead atoms. The van der Waals surface area contributed by atoms with Crippen molar-refractivity contribution >= 4 is 27.5 Å². The molecule has 8 heteroatoms. The number of carbonyl (C=O) groups is 1. The highest BCUT2D eigenvalue weighted by atomic mass is 35.5. The van der Waals surface area contributed by atoms with Gasteiger partial charge in [-0.25, -0.2) is 13.1 Å². The molecule has 1 amide bonds. The number of ether oxygens (including phenoxy) is 1. The smallest absolute Gasteiger partial charge is 0.251 e. The fourth-order valence-corrected chi connectivity index (χ4v) is 3.07. The van der Waals surface area contributed by atoms with Gasteiger partial charge in [-0.2, -0.15) is 0 Å². The summed E-state index contributed by atoms with van der Waals surface area (Å²) in [6.45, 7) is 0.302. The minimum atomic E-state index is -3.74. The molecule has 0 heterocycles. The monoisotopic (exact) mass is 368 g/mol. The highest BCUT2D eigenvalue weighted by Gasteiger charge is 2.20. The van der Waals surface area contributed by atoms with Crippen LogP contribution in [0.2, 0.25) is 5.02 Å². The van der Waals surface area contributed by atoms with Gasteiger partial charge in [0.05, 0.1) is 7.11 Å². The van der Waals surface area contributed by atoms with Crippen molar-refractivity contribution in [1.82, 2.24) is 10.0 Å². The van der Waals surface area contributed by atoms with Crippen LogP contribution < -0.4 is 14.8 Å². The molecule has 2 aromatic carbocycles. The average Bonchev–Trinajstić information content (AvgIpc) is 2.60. The van der Waals surface area contributed by atoms with Crippen molar-refractivity contribution in [3.63, 3.8) is 0 Å². The van der Waals surface area contributed by atoms with Crippen molar-refractivity contribution < 1.29 is 17.9 Å². The van der Waals surface area contributed by atoms with E-state index in [0.717, 1.165) is 5.56 Å². The number of rotatable bonds is 6. The summed E-state index contributed by atoms with van der Waals surface area (Å²) >= 11 is 5.81. The van der Waals surface area contributed by atoms with Gasteiger partial charge in [-0.05, 0) is 42.9 Å².